The van der Waals surface area contributed by atoms with Gasteiger partial charge in [0.25, 0.3) is 0 Å². The first-order valence-electron chi connectivity index (χ1n) is 27.2. The minimum absolute atomic E-state index is 0.00145. The number of aliphatic hydroxyl groups is 3. The molecule has 8 N–H and O–H groups in total. The van der Waals surface area contributed by atoms with E-state index < -0.39 is 40.9 Å². The molecule has 0 bridgehead atoms. The summed E-state index contributed by atoms with van der Waals surface area (Å²) < 4.78 is 12.6. The molecule has 2 heterocycles. The number of rotatable bonds is 12. The van der Waals surface area contributed by atoms with Gasteiger partial charge in [-0.1, -0.05) is 96.3 Å². The predicted octanol–water partition coefficient (Wildman–Crippen LogP) is 11.1. The first-order valence-corrected chi connectivity index (χ1v) is 29.6. The van der Waals surface area contributed by atoms with Crippen LogP contribution in [-0.4, -0.2) is 86.2 Å². The lowest BCUT2D eigenvalue weighted by molar-refractivity contribution is -0.149. The molecule has 0 amide bonds. The Morgan fingerprint density at radius 2 is 1.64 bits per heavy atom. The molecule has 1 aliphatic heterocycles. The molecule has 7 unspecified atom stereocenters. The van der Waals surface area contributed by atoms with Crippen molar-refractivity contribution in [3.63, 3.8) is 0 Å². The Morgan fingerprint density at radius 3 is 2.37 bits per heavy atom. The summed E-state index contributed by atoms with van der Waals surface area (Å²) in [7, 11) is 6.60. The molecule has 1 aromatic heterocycles. The number of Topliss-reactive ketones (excluding diaryl/α,β-unsaturated/α-hetero) is 1. The van der Waals surface area contributed by atoms with Gasteiger partial charge < -0.3 is 50.4 Å². The van der Waals surface area contributed by atoms with Gasteiger partial charge in [-0.05, 0) is 181 Å². The summed E-state index contributed by atoms with van der Waals surface area (Å²) in [5.74, 6) is -1.33. The van der Waals surface area contributed by atoms with Crippen LogP contribution in [-0.2, 0) is 47.9 Å². The van der Waals surface area contributed by atoms with E-state index in [1.807, 2.05) is 43.7 Å². The highest BCUT2D eigenvalue weighted by Gasteiger charge is 2.58. The summed E-state index contributed by atoms with van der Waals surface area (Å²) in [5, 5.41) is 78.1. The Hall–Kier alpha value is -5.15. The van der Waals surface area contributed by atoms with Gasteiger partial charge in [-0.25, -0.2) is 0 Å². The van der Waals surface area contributed by atoms with Crippen LogP contribution in [0, 0.1) is 17.8 Å². The van der Waals surface area contributed by atoms with Gasteiger partial charge >= 0.3 is 0 Å². The number of nitrogens with one attached hydrogen (secondary N) is 2. The monoisotopic (exact) mass is 1050 g/mol. The van der Waals surface area contributed by atoms with Gasteiger partial charge in [-0.2, -0.15) is 0 Å². The molecule has 75 heavy (non-hydrogen) atoms. The molecule has 0 spiro atoms. The molecule has 11 nitrogen and oxygen atoms in total. The number of ketones is 1. The SMILES string of the molecule is CCc1ccc2cccc3c2c1Cc1c(ccc(O)c1OC)CC(Cc1cc[nH]c1)C(O)C1C(=O)C(Cc2ccc(O)c(OC4CCCCC4)c2)(c2cc(O)cc(C4(NC)CCCC4)c2)C(O)CC1CSSC3CO. The second kappa shape index (κ2) is 22.8. The molecule has 13 heteroatoms. The number of aryl methyl sites for hydroxylation is 1. The topological polar surface area (TPSA) is 185 Å². The van der Waals surface area contributed by atoms with Crippen molar-refractivity contribution >= 4 is 38.1 Å². The summed E-state index contributed by atoms with van der Waals surface area (Å²) in [6, 6.07) is 26.7. The average Bonchev–Trinajstić information content (AvgIpc) is 4.14. The van der Waals surface area contributed by atoms with Crippen molar-refractivity contribution < 1.29 is 44.9 Å². The number of carbonyl (C=O) groups is 1. The Balaban J connectivity index is 1.16. The van der Waals surface area contributed by atoms with Crippen molar-refractivity contribution in [3.8, 4) is 28.7 Å². The molecule has 0 saturated heterocycles. The van der Waals surface area contributed by atoms with Crippen LogP contribution >= 0.6 is 21.6 Å². The maximum atomic E-state index is 16.9. The molecule has 3 saturated carbocycles. The zero-order valence-electron chi connectivity index (χ0n) is 43.5. The number of phenols is 3. The molecule has 4 aliphatic rings. The Kier molecular flexibility index (Phi) is 16.2. The van der Waals surface area contributed by atoms with E-state index in [-0.39, 0.29) is 53.8 Å². The number of aromatic hydroxyl groups is 3. The maximum Gasteiger partial charge on any atom is 0.164 e. The zero-order valence-corrected chi connectivity index (χ0v) is 45.2. The molecule has 398 valence electrons. The van der Waals surface area contributed by atoms with E-state index in [9.17, 15) is 30.6 Å². The van der Waals surface area contributed by atoms with Gasteiger partial charge in [0.2, 0.25) is 0 Å². The van der Waals surface area contributed by atoms with Crippen LogP contribution in [0.15, 0.2) is 97.3 Å². The number of H-pyrrole nitrogens is 1. The van der Waals surface area contributed by atoms with E-state index in [2.05, 4.69) is 41.5 Å². The van der Waals surface area contributed by atoms with E-state index in [0.29, 0.717) is 47.6 Å². The molecular weight excluding hydrogens is 981 g/mol. The zero-order chi connectivity index (χ0) is 52.4. The van der Waals surface area contributed by atoms with Gasteiger partial charge in [-0.15, -0.1) is 0 Å². The van der Waals surface area contributed by atoms with Gasteiger partial charge in [0.15, 0.2) is 28.8 Å². The van der Waals surface area contributed by atoms with Crippen molar-refractivity contribution in [2.75, 3.05) is 26.5 Å². The fourth-order valence-electron chi connectivity index (χ4n) is 13.7. The highest BCUT2D eigenvalue weighted by atomic mass is 33.1. The first kappa shape index (κ1) is 53.3. The van der Waals surface area contributed by atoms with Crippen molar-refractivity contribution in [2.45, 2.75) is 138 Å². The van der Waals surface area contributed by atoms with Crippen molar-refractivity contribution in [2.24, 2.45) is 17.8 Å². The van der Waals surface area contributed by atoms with Gasteiger partial charge in [0, 0.05) is 41.6 Å². The number of aliphatic hydroxyl groups excluding tert-OH is 3. The number of aromatic amines is 1. The standard InChI is InChI=1S/C62H74N2O9S2/c1-4-39-16-17-40-11-10-14-48-54(35-65)75-74-36-43-28-55(69)62(45-29-44(30-46(66)31-45)61(63-2)22-8-9-23-61,33-37-15-19-51(67)53(26-37)73-47-12-6-5-7-13-47)60(71)57(43)58(70)42(25-38-21-24-64-34-38)27-41-18-20-52(68)59(72-3)50(41)32-49(39)56(40)48/h10-11,14-21,24,26,29-31,34,42-43,47,54-55,57-58,63-70H,4-9,12-13,22-23,25,27-28,32-33,35-36H2,1-3H3. The van der Waals surface area contributed by atoms with E-state index in [1.165, 1.54) is 0 Å². The molecule has 3 aliphatic carbocycles. The third-order valence-electron chi connectivity index (χ3n) is 17.6. The average molecular weight is 1060 g/mol. The van der Waals surface area contributed by atoms with E-state index >= 15 is 4.79 Å². The van der Waals surface area contributed by atoms with E-state index in [0.717, 1.165) is 114 Å². The summed E-state index contributed by atoms with van der Waals surface area (Å²) >= 11 is 0. The third kappa shape index (κ3) is 10.4. The Labute approximate surface area is 449 Å². The summed E-state index contributed by atoms with van der Waals surface area (Å²) in [6.45, 7) is 1.98. The lowest BCUT2D eigenvalue weighted by atomic mass is 9.55. The van der Waals surface area contributed by atoms with Crippen molar-refractivity contribution in [1.82, 2.24) is 10.3 Å². The number of hydrogen-bond acceptors (Lipinski definition) is 12. The normalized spacial score (nSPS) is 25.5. The van der Waals surface area contributed by atoms with Crippen molar-refractivity contribution in [3.05, 3.63) is 147 Å². The van der Waals surface area contributed by atoms with Gasteiger partial charge in [0.1, 0.15) is 5.75 Å². The molecule has 7 atom stereocenters. The fourth-order valence-corrected chi connectivity index (χ4v) is 16.5. The van der Waals surface area contributed by atoms with Crippen molar-refractivity contribution in [1.29, 1.82) is 0 Å². The summed E-state index contributed by atoms with van der Waals surface area (Å²) in [5.41, 5.74) is 5.68. The fraction of sp³-hybridized carbons (Fsp3) is 0.468. The van der Waals surface area contributed by atoms with Crippen LogP contribution in [0.3, 0.4) is 0 Å². The Morgan fingerprint density at radius 1 is 0.853 bits per heavy atom. The van der Waals surface area contributed by atoms with Crippen LogP contribution in [0.5, 0.6) is 28.7 Å². The van der Waals surface area contributed by atoms with Crippen LogP contribution in [0.25, 0.3) is 10.8 Å². The molecule has 5 aromatic carbocycles. The summed E-state index contributed by atoms with van der Waals surface area (Å²) in [6.07, 6.45) is 12.0. The minimum Gasteiger partial charge on any atom is -0.508 e. The van der Waals surface area contributed by atoms with Crippen LogP contribution in [0.1, 0.15) is 126 Å². The van der Waals surface area contributed by atoms with E-state index in [1.54, 1.807) is 65.1 Å². The number of ether oxygens (including phenoxy) is 2. The van der Waals surface area contributed by atoms with Gasteiger partial charge in [0.05, 0.1) is 42.7 Å². The summed E-state index contributed by atoms with van der Waals surface area (Å²) in [4.78, 5) is 20.1. The largest absolute Gasteiger partial charge is 0.508 e. The highest BCUT2D eigenvalue weighted by Crippen LogP contribution is 2.53. The predicted molar refractivity (Wildman–Crippen MR) is 299 cm³/mol. The van der Waals surface area contributed by atoms with Gasteiger partial charge in [-0.3, -0.25) is 4.79 Å². The second-order valence-electron chi connectivity index (χ2n) is 21.9. The molecule has 3 fully saturated rings. The number of phenolic OH excluding ortho intramolecular Hbond substituents is 3. The number of benzene rings is 5. The molecule has 0 radical (unpaired) electrons. The number of carbonyl (C=O) groups excluding carboxylic acids is 1. The Bertz CT molecular complexity index is 2970. The minimum atomic E-state index is -1.67. The molecule has 10 rings (SSSR count). The second-order valence-corrected chi connectivity index (χ2v) is 24.5. The number of fused-ring (bicyclic) bond motifs is 2. The number of hydrogen-bond donors (Lipinski definition) is 8. The molecule has 6 aromatic rings. The first-order chi connectivity index (χ1) is 36.4. The maximum absolute atomic E-state index is 16.9. The highest BCUT2D eigenvalue weighted by molar-refractivity contribution is 8.76. The number of methoxy groups -OCH3 is 1. The lowest BCUT2D eigenvalue weighted by Gasteiger charge is -2.49. The molecular formula is C62H74N2O9S2. The smallest absolute Gasteiger partial charge is 0.164 e. The third-order valence-corrected chi connectivity index (χ3v) is 20.5. The van der Waals surface area contributed by atoms with Crippen LogP contribution < -0.4 is 14.8 Å². The van der Waals surface area contributed by atoms with Crippen LogP contribution in [0.2, 0.25) is 0 Å². The van der Waals surface area contributed by atoms with E-state index in [4.69, 9.17) is 9.47 Å². The van der Waals surface area contributed by atoms with Crippen LogP contribution in [0.4, 0.5) is 0 Å². The lowest BCUT2D eigenvalue weighted by Crippen LogP contribution is -2.61. The number of aromatic nitrogens is 1. The quantitative estimate of drug-likeness (QED) is 0.0544.